The van der Waals surface area contributed by atoms with Crippen molar-refractivity contribution in [2.45, 2.75) is 33.1 Å². The molecule has 0 saturated carbocycles. The van der Waals surface area contributed by atoms with Crippen molar-refractivity contribution in [1.29, 1.82) is 0 Å². The zero-order chi connectivity index (χ0) is 20.1. The van der Waals surface area contributed by atoms with E-state index in [-0.39, 0.29) is 18.1 Å². The maximum Gasteiger partial charge on any atom is 0.141 e. The lowest BCUT2D eigenvalue weighted by atomic mass is 10.0. The van der Waals surface area contributed by atoms with Crippen LogP contribution >= 0.6 is 23.2 Å². The fourth-order valence-corrected chi connectivity index (χ4v) is 3.47. The first-order chi connectivity index (χ1) is 13.4. The minimum atomic E-state index is -0.0413. The molecule has 1 aliphatic rings. The summed E-state index contributed by atoms with van der Waals surface area (Å²) in [6, 6.07) is 5.48. The number of hydrogen-bond acceptors (Lipinski definition) is 5. The topological polar surface area (TPSA) is 64.1 Å². The fraction of sp³-hybridized carbons (Fsp3) is 0.476. The Hall–Kier alpha value is -1.69. The highest BCUT2D eigenvalue weighted by Crippen LogP contribution is 2.33. The smallest absolute Gasteiger partial charge is 0.141 e. The van der Waals surface area contributed by atoms with Crippen LogP contribution < -0.4 is 5.32 Å². The highest BCUT2D eigenvalue weighted by Gasteiger charge is 2.17. The van der Waals surface area contributed by atoms with Crippen LogP contribution in [-0.2, 0) is 16.0 Å². The van der Waals surface area contributed by atoms with Gasteiger partial charge in [-0.05, 0) is 37.0 Å². The molecule has 0 atom stereocenters. The van der Waals surface area contributed by atoms with Gasteiger partial charge in [0.05, 0.1) is 15.7 Å². The number of Topliss-reactive ketones (excluding diaryl/α,β-unsaturated/α-hetero) is 1. The SMILES string of the molecule is CC(C)C(=O)Cc1cc(-c2nc(NCC3CCOCC3)ccc2Cl)c(Cl)cn1. The van der Waals surface area contributed by atoms with Crippen LogP contribution in [0.2, 0.25) is 10.0 Å². The number of ketones is 1. The quantitative estimate of drug-likeness (QED) is 0.676. The van der Waals surface area contributed by atoms with E-state index in [1.807, 2.05) is 26.0 Å². The van der Waals surface area contributed by atoms with Crippen molar-refractivity contribution < 1.29 is 9.53 Å². The van der Waals surface area contributed by atoms with Gasteiger partial charge in [-0.3, -0.25) is 9.78 Å². The zero-order valence-corrected chi connectivity index (χ0v) is 17.7. The summed E-state index contributed by atoms with van der Waals surface area (Å²) in [7, 11) is 0. The van der Waals surface area contributed by atoms with Crippen LogP contribution in [0.4, 0.5) is 5.82 Å². The maximum atomic E-state index is 12.1. The molecule has 0 amide bonds. The van der Waals surface area contributed by atoms with Gasteiger partial charge in [0, 0.05) is 49.6 Å². The number of nitrogens with one attached hydrogen (secondary N) is 1. The number of halogens is 2. The van der Waals surface area contributed by atoms with E-state index in [0.717, 1.165) is 38.4 Å². The van der Waals surface area contributed by atoms with Crippen molar-refractivity contribution in [3.63, 3.8) is 0 Å². The first-order valence-electron chi connectivity index (χ1n) is 9.59. The number of pyridine rings is 2. The summed E-state index contributed by atoms with van der Waals surface area (Å²) < 4.78 is 5.41. The van der Waals surface area contributed by atoms with Crippen LogP contribution in [0, 0.1) is 11.8 Å². The summed E-state index contributed by atoms with van der Waals surface area (Å²) in [5.74, 6) is 1.42. The standard InChI is InChI=1S/C21H25Cl2N3O2/c1-13(2)19(27)10-15-9-16(18(23)12-24-15)21-17(22)3-4-20(26-21)25-11-14-5-7-28-8-6-14/h3-4,9,12-14H,5-8,10-11H2,1-2H3,(H,25,26). The van der Waals surface area contributed by atoms with Crippen LogP contribution in [-0.4, -0.2) is 35.5 Å². The highest BCUT2D eigenvalue weighted by molar-refractivity contribution is 6.36. The van der Waals surface area contributed by atoms with Crippen molar-refractivity contribution in [3.05, 3.63) is 40.1 Å². The summed E-state index contributed by atoms with van der Waals surface area (Å²) in [5, 5.41) is 4.36. The number of hydrogen-bond donors (Lipinski definition) is 1. The summed E-state index contributed by atoms with van der Waals surface area (Å²) in [6.45, 7) is 6.23. The molecule has 0 radical (unpaired) electrons. The first-order valence-corrected chi connectivity index (χ1v) is 10.3. The molecule has 2 aromatic heterocycles. The van der Waals surface area contributed by atoms with Gasteiger partial charge in [-0.2, -0.15) is 0 Å². The first kappa shape index (κ1) is 21.0. The molecule has 7 heteroatoms. The second kappa shape index (κ2) is 9.68. The molecule has 1 saturated heterocycles. The largest absolute Gasteiger partial charge is 0.381 e. The van der Waals surface area contributed by atoms with Gasteiger partial charge >= 0.3 is 0 Å². The molecule has 2 aromatic rings. The van der Waals surface area contributed by atoms with Crippen molar-refractivity contribution in [2.75, 3.05) is 25.1 Å². The third-order valence-corrected chi connectivity index (χ3v) is 5.53. The Morgan fingerprint density at radius 3 is 2.71 bits per heavy atom. The molecule has 0 unspecified atom stereocenters. The molecule has 3 rings (SSSR count). The predicted molar refractivity (Wildman–Crippen MR) is 113 cm³/mol. The Bertz CT molecular complexity index is 836. The van der Waals surface area contributed by atoms with Crippen molar-refractivity contribution in [3.8, 4) is 11.3 Å². The van der Waals surface area contributed by atoms with E-state index < -0.39 is 0 Å². The lowest BCUT2D eigenvalue weighted by molar-refractivity contribution is -0.121. The minimum Gasteiger partial charge on any atom is -0.381 e. The maximum absolute atomic E-state index is 12.1. The molecule has 3 heterocycles. The van der Waals surface area contributed by atoms with Crippen LogP contribution in [0.25, 0.3) is 11.3 Å². The van der Waals surface area contributed by atoms with E-state index in [0.29, 0.717) is 32.9 Å². The van der Waals surface area contributed by atoms with Crippen LogP contribution in [0.3, 0.4) is 0 Å². The molecular formula is C21H25Cl2N3O2. The highest BCUT2D eigenvalue weighted by atomic mass is 35.5. The number of nitrogens with zero attached hydrogens (tertiary/aromatic N) is 2. The van der Waals surface area contributed by atoms with Crippen LogP contribution in [0.1, 0.15) is 32.4 Å². The summed E-state index contributed by atoms with van der Waals surface area (Å²) in [4.78, 5) is 21.0. The van der Waals surface area contributed by atoms with E-state index in [2.05, 4.69) is 15.3 Å². The minimum absolute atomic E-state index is 0.0413. The number of aromatic nitrogens is 2. The van der Waals surface area contributed by atoms with Gasteiger partial charge in [-0.25, -0.2) is 4.98 Å². The Kier molecular flexibility index (Phi) is 7.27. The van der Waals surface area contributed by atoms with Gasteiger partial charge in [0.15, 0.2) is 0 Å². The van der Waals surface area contributed by atoms with Gasteiger partial charge < -0.3 is 10.1 Å². The lowest BCUT2D eigenvalue weighted by Crippen LogP contribution is -2.22. The third kappa shape index (κ3) is 5.43. The second-order valence-electron chi connectivity index (χ2n) is 7.42. The molecule has 5 nitrogen and oxygen atoms in total. The molecule has 0 bridgehead atoms. The van der Waals surface area contributed by atoms with Gasteiger partial charge in [0.1, 0.15) is 11.6 Å². The molecule has 0 aromatic carbocycles. The molecule has 1 N–H and O–H groups in total. The Morgan fingerprint density at radius 2 is 2.00 bits per heavy atom. The van der Waals surface area contributed by atoms with Gasteiger partial charge in [0.2, 0.25) is 0 Å². The van der Waals surface area contributed by atoms with E-state index in [4.69, 9.17) is 27.9 Å². The van der Waals surface area contributed by atoms with Gasteiger partial charge in [0.25, 0.3) is 0 Å². The van der Waals surface area contributed by atoms with Gasteiger partial charge in [-0.1, -0.05) is 37.0 Å². The van der Waals surface area contributed by atoms with E-state index >= 15 is 0 Å². The van der Waals surface area contributed by atoms with Crippen molar-refractivity contribution in [1.82, 2.24) is 9.97 Å². The number of ether oxygens (including phenoxy) is 1. The van der Waals surface area contributed by atoms with Crippen LogP contribution in [0.15, 0.2) is 24.4 Å². The number of anilines is 1. The molecule has 0 spiro atoms. The number of carbonyl (C=O) groups excluding carboxylic acids is 1. The Labute approximate surface area is 175 Å². The number of rotatable bonds is 7. The van der Waals surface area contributed by atoms with E-state index in [1.54, 1.807) is 12.3 Å². The summed E-state index contributed by atoms with van der Waals surface area (Å²) in [6.07, 6.45) is 3.93. The van der Waals surface area contributed by atoms with E-state index in [1.165, 1.54) is 0 Å². The normalized spacial score (nSPS) is 15.0. The summed E-state index contributed by atoms with van der Waals surface area (Å²) in [5.41, 5.74) is 1.93. The second-order valence-corrected chi connectivity index (χ2v) is 8.23. The Morgan fingerprint density at radius 1 is 1.25 bits per heavy atom. The third-order valence-electron chi connectivity index (χ3n) is 4.93. The van der Waals surface area contributed by atoms with Crippen LogP contribution in [0.5, 0.6) is 0 Å². The summed E-state index contributed by atoms with van der Waals surface area (Å²) >= 11 is 12.8. The number of carbonyl (C=O) groups is 1. The molecule has 28 heavy (non-hydrogen) atoms. The monoisotopic (exact) mass is 421 g/mol. The molecule has 1 aliphatic heterocycles. The van der Waals surface area contributed by atoms with Crippen molar-refractivity contribution >= 4 is 34.8 Å². The molecule has 150 valence electrons. The molecule has 0 aliphatic carbocycles. The average Bonchev–Trinajstić information content (AvgIpc) is 2.69. The van der Waals surface area contributed by atoms with E-state index in [9.17, 15) is 4.79 Å². The Balaban J connectivity index is 1.80. The lowest BCUT2D eigenvalue weighted by Gasteiger charge is -2.22. The van der Waals surface area contributed by atoms with Crippen molar-refractivity contribution in [2.24, 2.45) is 11.8 Å². The predicted octanol–water partition coefficient (Wildman–Crippen LogP) is 5.06. The molecule has 1 fully saturated rings. The van der Waals surface area contributed by atoms with Gasteiger partial charge in [-0.15, -0.1) is 0 Å². The average molecular weight is 422 g/mol. The fourth-order valence-electron chi connectivity index (χ4n) is 3.07. The zero-order valence-electron chi connectivity index (χ0n) is 16.2. The molecular weight excluding hydrogens is 397 g/mol.